The highest BCUT2D eigenvalue weighted by atomic mass is 16.6. The SMILES string of the molecule is CCCCC1=CO[N+]=N1. The van der Waals surface area contributed by atoms with E-state index in [9.17, 15) is 0 Å². The Labute approximate surface area is 54.4 Å². The van der Waals surface area contributed by atoms with Crippen LogP contribution in [0.15, 0.2) is 17.1 Å². The quantitative estimate of drug-likeness (QED) is 0.567. The normalized spacial score (nSPS) is 15.4. The Balaban J connectivity index is 2.19. The van der Waals surface area contributed by atoms with Crippen LogP contribution in [0.3, 0.4) is 0 Å². The summed E-state index contributed by atoms with van der Waals surface area (Å²) < 4.78 is 0. The van der Waals surface area contributed by atoms with Crippen LogP contribution < -0.4 is 5.28 Å². The van der Waals surface area contributed by atoms with E-state index in [1.807, 2.05) is 0 Å². The van der Waals surface area contributed by atoms with Crippen molar-refractivity contribution in [3.8, 4) is 0 Å². The van der Waals surface area contributed by atoms with Crippen molar-refractivity contribution in [2.24, 2.45) is 5.11 Å². The number of allylic oxidation sites excluding steroid dienone is 1. The molecule has 0 aromatic carbocycles. The minimum Gasteiger partial charge on any atom is -0.151 e. The van der Waals surface area contributed by atoms with Crippen LogP contribution in [-0.2, 0) is 4.84 Å². The molecular weight excluding hydrogens is 116 g/mol. The van der Waals surface area contributed by atoms with Crippen molar-refractivity contribution in [3.05, 3.63) is 12.0 Å². The van der Waals surface area contributed by atoms with E-state index in [0.717, 1.165) is 18.5 Å². The zero-order chi connectivity index (χ0) is 6.53. The van der Waals surface area contributed by atoms with Crippen LogP contribution in [0.25, 0.3) is 0 Å². The third kappa shape index (κ3) is 1.83. The molecule has 0 aliphatic carbocycles. The van der Waals surface area contributed by atoms with Gasteiger partial charge in [-0.25, -0.2) is 0 Å². The lowest BCUT2D eigenvalue weighted by molar-refractivity contribution is 0.199. The molecule has 3 heteroatoms. The van der Waals surface area contributed by atoms with Gasteiger partial charge in [0.15, 0.2) is 5.70 Å². The van der Waals surface area contributed by atoms with Crippen LogP contribution in [-0.4, -0.2) is 0 Å². The molecule has 0 unspecified atom stereocenters. The molecule has 1 aliphatic heterocycles. The average Bonchev–Trinajstić information content (AvgIpc) is 2.34. The monoisotopic (exact) mass is 126 g/mol. The van der Waals surface area contributed by atoms with Crippen molar-refractivity contribution in [2.75, 3.05) is 0 Å². The van der Waals surface area contributed by atoms with Crippen molar-refractivity contribution in [3.63, 3.8) is 0 Å². The molecule has 0 saturated carbocycles. The van der Waals surface area contributed by atoms with Gasteiger partial charge < -0.3 is 0 Å². The molecule has 0 amide bonds. The number of rotatable bonds is 3. The summed E-state index contributed by atoms with van der Waals surface area (Å²) in [5, 5.41) is 7.09. The summed E-state index contributed by atoms with van der Waals surface area (Å²) in [4.78, 5) is 4.55. The Bertz CT molecular complexity index is 140. The second kappa shape index (κ2) is 3.22. The fourth-order valence-corrected chi connectivity index (χ4v) is 0.651. The predicted molar refractivity (Wildman–Crippen MR) is 33.3 cm³/mol. The highest BCUT2D eigenvalue weighted by molar-refractivity contribution is 4.94. The molecule has 3 nitrogen and oxygen atoms in total. The maximum Gasteiger partial charge on any atom is 0.467 e. The smallest absolute Gasteiger partial charge is 0.151 e. The fourth-order valence-electron chi connectivity index (χ4n) is 0.651. The minimum absolute atomic E-state index is 0.955. The van der Waals surface area contributed by atoms with E-state index in [1.54, 1.807) is 6.26 Å². The van der Waals surface area contributed by atoms with Crippen LogP contribution in [0.5, 0.6) is 0 Å². The zero-order valence-electron chi connectivity index (χ0n) is 5.50. The molecular formula is C6H10N2O+. The predicted octanol–water partition coefficient (Wildman–Crippen LogP) is 1.75. The van der Waals surface area contributed by atoms with E-state index in [-0.39, 0.29) is 0 Å². The first-order valence-corrected chi connectivity index (χ1v) is 3.19. The van der Waals surface area contributed by atoms with Crippen LogP contribution in [0.4, 0.5) is 0 Å². The first-order valence-electron chi connectivity index (χ1n) is 3.19. The molecule has 1 radical (unpaired) electrons. The number of hydrogen-bond acceptors (Lipinski definition) is 3. The summed E-state index contributed by atoms with van der Waals surface area (Å²) in [7, 11) is 0. The first-order chi connectivity index (χ1) is 4.43. The van der Waals surface area contributed by atoms with E-state index in [1.165, 1.54) is 6.42 Å². The molecule has 1 rings (SSSR count). The van der Waals surface area contributed by atoms with Gasteiger partial charge in [-0.2, -0.15) is 4.84 Å². The fraction of sp³-hybridized carbons (Fsp3) is 0.667. The lowest BCUT2D eigenvalue weighted by Gasteiger charge is -1.85. The van der Waals surface area contributed by atoms with Gasteiger partial charge in [-0.15, -0.1) is 0 Å². The Morgan fingerprint density at radius 3 is 3.22 bits per heavy atom. The van der Waals surface area contributed by atoms with Gasteiger partial charge in [0, 0.05) is 0 Å². The molecule has 0 atom stereocenters. The first kappa shape index (κ1) is 6.26. The second-order valence-corrected chi connectivity index (χ2v) is 2.00. The Kier molecular flexibility index (Phi) is 2.24. The molecule has 1 heterocycles. The molecule has 0 aromatic rings. The molecule has 0 saturated heterocycles. The van der Waals surface area contributed by atoms with E-state index in [4.69, 9.17) is 0 Å². The van der Waals surface area contributed by atoms with E-state index >= 15 is 0 Å². The largest absolute Gasteiger partial charge is 0.467 e. The van der Waals surface area contributed by atoms with Crippen molar-refractivity contribution >= 4 is 0 Å². The standard InChI is InChI=1S/C6H10N2O/c1-2-3-4-6-5-9-8-7-6/h5H,2-4H2,1H3/q+1. The Hall–Kier alpha value is -0.860. The topological polar surface area (TPSA) is 35.7 Å². The molecule has 9 heavy (non-hydrogen) atoms. The maximum absolute atomic E-state index is 4.55. The van der Waals surface area contributed by atoms with Gasteiger partial charge in [0.1, 0.15) is 5.11 Å². The Morgan fingerprint density at radius 1 is 1.78 bits per heavy atom. The highest BCUT2D eigenvalue weighted by Crippen LogP contribution is 2.10. The van der Waals surface area contributed by atoms with Gasteiger partial charge in [0.2, 0.25) is 6.26 Å². The van der Waals surface area contributed by atoms with Gasteiger partial charge in [-0.3, -0.25) is 0 Å². The van der Waals surface area contributed by atoms with E-state index < -0.39 is 0 Å². The summed E-state index contributed by atoms with van der Waals surface area (Å²) in [6.45, 7) is 2.15. The van der Waals surface area contributed by atoms with Gasteiger partial charge >= 0.3 is 5.28 Å². The third-order valence-electron chi connectivity index (χ3n) is 1.19. The lowest BCUT2D eigenvalue weighted by Crippen LogP contribution is -1.74. The van der Waals surface area contributed by atoms with E-state index in [2.05, 4.69) is 22.2 Å². The average molecular weight is 126 g/mol. The zero-order valence-corrected chi connectivity index (χ0v) is 5.50. The summed E-state index contributed by atoms with van der Waals surface area (Å²) in [6, 6.07) is 0. The summed E-state index contributed by atoms with van der Waals surface area (Å²) in [6.07, 6.45) is 4.93. The lowest BCUT2D eigenvalue weighted by atomic mass is 10.2. The number of nitrogens with zero attached hydrogens (tertiary/aromatic N) is 2. The summed E-state index contributed by atoms with van der Waals surface area (Å²) in [5.41, 5.74) is 0.955. The van der Waals surface area contributed by atoms with Crippen LogP contribution in [0, 0.1) is 0 Å². The number of unbranched alkanes of at least 4 members (excludes halogenated alkanes) is 1. The van der Waals surface area contributed by atoms with Crippen molar-refractivity contribution in [1.29, 1.82) is 0 Å². The molecule has 0 N–H and O–H groups in total. The van der Waals surface area contributed by atoms with Crippen LogP contribution in [0.2, 0.25) is 0 Å². The van der Waals surface area contributed by atoms with E-state index in [0.29, 0.717) is 0 Å². The molecule has 1 aliphatic rings. The molecule has 49 valence electrons. The van der Waals surface area contributed by atoms with Gasteiger partial charge in [0.05, 0.1) is 0 Å². The summed E-state index contributed by atoms with van der Waals surface area (Å²) >= 11 is 0. The van der Waals surface area contributed by atoms with Crippen LogP contribution >= 0.6 is 0 Å². The maximum atomic E-state index is 4.55. The van der Waals surface area contributed by atoms with Crippen molar-refractivity contribution < 1.29 is 4.84 Å². The number of hydrogen-bond donors (Lipinski definition) is 0. The minimum atomic E-state index is 0.955. The van der Waals surface area contributed by atoms with Gasteiger partial charge in [-0.1, -0.05) is 13.3 Å². The summed E-state index contributed by atoms with van der Waals surface area (Å²) in [5.74, 6) is 0. The molecule has 0 aromatic heterocycles. The molecule has 0 fully saturated rings. The highest BCUT2D eigenvalue weighted by Gasteiger charge is 2.11. The van der Waals surface area contributed by atoms with Crippen molar-refractivity contribution in [2.45, 2.75) is 26.2 Å². The van der Waals surface area contributed by atoms with Gasteiger partial charge in [0.25, 0.3) is 0 Å². The third-order valence-corrected chi connectivity index (χ3v) is 1.19. The second-order valence-electron chi connectivity index (χ2n) is 2.00. The molecule has 0 spiro atoms. The van der Waals surface area contributed by atoms with Gasteiger partial charge in [-0.05, 0) is 12.8 Å². The Morgan fingerprint density at radius 2 is 2.67 bits per heavy atom. The molecule has 0 bridgehead atoms. The van der Waals surface area contributed by atoms with Crippen molar-refractivity contribution in [1.82, 2.24) is 5.28 Å². The van der Waals surface area contributed by atoms with Crippen LogP contribution in [0.1, 0.15) is 26.2 Å².